The highest BCUT2D eigenvalue weighted by Crippen LogP contribution is 2.32. The number of carbonyl (C=O) groups is 2. The third-order valence-corrected chi connectivity index (χ3v) is 4.70. The van der Waals surface area contributed by atoms with E-state index in [2.05, 4.69) is 19.2 Å². The lowest BCUT2D eigenvalue weighted by molar-refractivity contribution is -0.140. The van der Waals surface area contributed by atoms with Crippen molar-refractivity contribution in [3.63, 3.8) is 0 Å². The van der Waals surface area contributed by atoms with Crippen LogP contribution in [0.15, 0.2) is 0 Å². The second kappa shape index (κ2) is 6.59. The lowest BCUT2D eigenvalue weighted by Crippen LogP contribution is -2.58. The first-order valence-corrected chi connectivity index (χ1v) is 8.18. The van der Waals surface area contributed by atoms with E-state index in [0.29, 0.717) is 18.9 Å². The maximum Gasteiger partial charge on any atom is 0.248 e. The molecule has 2 rings (SSSR count). The average molecular weight is 280 g/mol. The molecule has 1 saturated heterocycles. The van der Waals surface area contributed by atoms with Crippen molar-refractivity contribution in [3.05, 3.63) is 0 Å². The van der Waals surface area contributed by atoms with Crippen molar-refractivity contribution in [2.24, 2.45) is 5.92 Å². The van der Waals surface area contributed by atoms with Gasteiger partial charge in [0.05, 0.1) is 0 Å². The molecule has 0 radical (unpaired) electrons. The predicted octanol–water partition coefficient (Wildman–Crippen LogP) is 2.47. The maximum absolute atomic E-state index is 12.9. The van der Waals surface area contributed by atoms with Gasteiger partial charge in [0.1, 0.15) is 5.54 Å². The molecule has 0 aromatic rings. The Labute approximate surface area is 122 Å². The van der Waals surface area contributed by atoms with Gasteiger partial charge in [-0.05, 0) is 25.2 Å². The number of hydrogen-bond acceptors (Lipinski definition) is 2. The number of amides is 2. The highest BCUT2D eigenvalue weighted by Gasteiger charge is 2.45. The second-order valence-electron chi connectivity index (χ2n) is 6.59. The molecule has 2 aliphatic rings. The molecule has 1 aliphatic carbocycles. The standard InChI is InChI=1S/C16H28N2O2/c1-3-7-13(2)12-18-11-8-14(19)17-16(15(18)20)9-5-4-6-10-16/h13H,3-12H2,1-2H3,(H,17,19). The van der Waals surface area contributed by atoms with Crippen LogP contribution in [-0.2, 0) is 9.59 Å². The van der Waals surface area contributed by atoms with Crippen LogP contribution in [0.1, 0.15) is 65.2 Å². The highest BCUT2D eigenvalue weighted by atomic mass is 16.2. The first kappa shape index (κ1) is 15.3. The Balaban J connectivity index is 2.12. The molecule has 0 aromatic heterocycles. The largest absolute Gasteiger partial charge is 0.342 e. The van der Waals surface area contributed by atoms with Gasteiger partial charge in [-0.25, -0.2) is 0 Å². The Bertz CT molecular complexity index is 361. The molecule has 1 saturated carbocycles. The molecular formula is C16H28N2O2. The summed E-state index contributed by atoms with van der Waals surface area (Å²) in [7, 11) is 0. The van der Waals surface area contributed by atoms with Gasteiger partial charge in [0.25, 0.3) is 0 Å². The molecule has 1 aliphatic heterocycles. The monoisotopic (exact) mass is 280 g/mol. The van der Waals surface area contributed by atoms with Gasteiger partial charge in [0.15, 0.2) is 0 Å². The fourth-order valence-electron chi connectivity index (χ4n) is 3.65. The summed E-state index contributed by atoms with van der Waals surface area (Å²) < 4.78 is 0. The van der Waals surface area contributed by atoms with Gasteiger partial charge in [0, 0.05) is 19.5 Å². The van der Waals surface area contributed by atoms with Crippen LogP contribution in [0.2, 0.25) is 0 Å². The van der Waals surface area contributed by atoms with Crippen molar-refractivity contribution in [1.29, 1.82) is 0 Å². The van der Waals surface area contributed by atoms with E-state index in [9.17, 15) is 9.59 Å². The van der Waals surface area contributed by atoms with Gasteiger partial charge < -0.3 is 10.2 Å². The van der Waals surface area contributed by atoms with Crippen LogP contribution in [0.5, 0.6) is 0 Å². The summed E-state index contributed by atoms with van der Waals surface area (Å²) in [5, 5.41) is 3.05. The molecule has 20 heavy (non-hydrogen) atoms. The van der Waals surface area contributed by atoms with Crippen molar-refractivity contribution >= 4 is 11.8 Å². The maximum atomic E-state index is 12.9. The number of rotatable bonds is 4. The van der Waals surface area contributed by atoms with Crippen LogP contribution in [0.3, 0.4) is 0 Å². The molecule has 2 amide bonds. The first-order chi connectivity index (χ1) is 9.57. The lowest BCUT2D eigenvalue weighted by Gasteiger charge is -2.38. The molecule has 1 spiro atoms. The van der Waals surface area contributed by atoms with Gasteiger partial charge in [-0.1, -0.05) is 39.5 Å². The van der Waals surface area contributed by atoms with E-state index in [-0.39, 0.29) is 11.8 Å². The topological polar surface area (TPSA) is 49.4 Å². The Morgan fingerprint density at radius 2 is 1.95 bits per heavy atom. The summed E-state index contributed by atoms with van der Waals surface area (Å²) in [6.45, 7) is 5.75. The number of carbonyl (C=O) groups excluding carboxylic acids is 2. The van der Waals surface area contributed by atoms with Crippen LogP contribution >= 0.6 is 0 Å². The smallest absolute Gasteiger partial charge is 0.248 e. The summed E-state index contributed by atoms with van der Waals surface area (Å²) in [5.41, 5.74) is -0.586. The molecule has 0 bridgehead atoms. The van der Waals surface area contributed by atoms with Gasteiger partial charge in [-0.3, -0.25) is 9.59 Å². The third-order valence-electron chi connectivity index (χ3n) is 4.70. The zero-order valence-electron chi connectivity index (χ0n) is 12.9. The molecule has 1 N–H and O–H groups in total. The SMILES string of the molecule is CCCC(C)CN1CCC(=O)NC2(CCCCC2)C1=O. The molecule has 114 valence electrons. The summed E-state index contributed by atoms with van der Waals surface area (Å²) >= 11 is 0. The first-order valence-electron chi connectivity index (χ1n) is 8.18. The van der Waals surface area contributed by atoms with E-state index < -0.39 is 5.54 Å². The van der Waals surface area contributed by atoms with Crippen LogP contribution in [0.25, 0.3) is 0 Å². The Morgan fingerprint density at radius 1 is 1.25 bits per heavy atom. The molecule has 4 nitrogen and oxygen atoms in total. The average Bonchev–Trinajstić information content (AvgIpc) is 2.53. The van der Waals surface area contributed by atoms with Crippen LogP contribution in [0, 0.1) is 5.92 Å². The predicted molar refractivity (Wildman–Crippen MR) is 79.2 cm³/mol. The minimum atomic E-state index is -0.586. The zero-order chi connectivity index (χ0) is 14.6. The molecular weight excluding hydrogens is 252 g/mol. The molecule has 1 heterocycles. The van der Waals surface area contributed by atoms with Crippen molar-refractivity contribution in [2.45, 2.75) is 70.8 Å². The van der Waals surface area contributed by atoms with Gasteiger partial charge >= 0.3 is 0 Å². The normalized spacial score (nSPS) is 24.4. The number of hydrogen-bond donors (Lipinski definition) is 1. The molecule has 1 unspecified atom stereocenters. The summed E-state index contributed by atoms with van der Waals surface area (Å²) in [4.78, 5) is 26.8. The molecule has 4 heteroatoms. The highest BCUT2D eigenvalue weighted by molar-refractivity contribution is 5.93. The van der Waals surface area contributed by atoms with Crippen molar-refractivity contribution in [2.75, 3.05) is 13.1 Å². The van der Waals surface area contributed by atoms with E-state index in [4.69, 9.17) is 0 Å². The van der Waals surface area contributed by atoms with E-state index in [1.54, 1.807) is 0 Å². The summed E-state index contributed by atoms with van der Waals surface area (Å²) in [6, 6.07) is 0. The second-order valence-corrected chi connectivity index (χ2v) is 6.59. The lowest BCUT2D eigenvalue weighted by atomic mass is 9.80. The van der Waals surface area contributed by atoms with Crippen LogP contribution in [-0.4, -0.2) is 35.3 Å². The number of nitrogens with zero attached hydrogens (tertiary/aromatic N) is 1. The molecule has 2 fully saturated rings. The Kier molecular flexibility index (Phi) is 5.06. The van der Waals surface area contributed by atoms with Crippen molar-refractivity contribution in [3.8, 4) is 0 Å². The fourth-order valence-corrected chi connectivity index (χ4v) is 3.65. The summed E-state index contributed by atoms with van der Waals surface area (Å²) in [5.74, 6) is 0.731. The van der Waals surface area contributed by atoms with Crippen molar-refractivity contribution < 1.29 is 9.59 Å². The number of nitrogens with one attached hydrogen (secondary N) is 1. The molecule has 1 atom stereocenters. The van der Waals surface area contributed by atoms with Crippen molar-refractivity contribution in [1.82, 2.24) is 10.2 Å². The zero-order valence-corrected chi connectivity index (χ0v) is 12.9. The van der Waals surface area contributed by atoms with Gasteiger partial charge in [-0.2, -0.15) is 0 Å². The fraction of sp³-hybridized carbons (Fsp3) is 0.875. The van der Waals surface area contributed by atoms with E-state index in [1.165, 1.54) is 6.42 Å². The van der Waals surface area contributed by atoms with Gasteiger partial charge in [0.2, 0.25) is 11.8 Å². The van der Waals surface area contributed by atoms with Crippen LogP contribution < -0.4 is 5.32 Å². The summed E-state index contributed by atoms with van der Waals surface area (Å²) in [6.07, 6.45) is 7.63. The van der Waals surface area contributed by atoms with E-state index >= 15 is 0 Å². The quantitative estimate of drug-likeness (QED) is 0.860. The van der Waals surface area contributed by atoms with E-state index in [1.807, 2.05) is 4.90 Å². The van der Waals surface area contributed by atoms with Gasteiger partial charge in [-0.15, -0.1) is 0 Å². The Morgan fingerprint density at radius 3 is 2.60 bits per heavy atom. The minimum Gasteiger partial charge on any atom is -0.342 e. The molecule has 0 aromatic carbocycles. The van der Waals surface area contributed by atoms with Crippen LogP contribution in [0.4, 0.5) is 0 Å². The minimum absolute atomic E-state index is 0.0471. The van der Waals surface area contributed by atoms with E-state index in [0.717, 1.165) is 45.1 Å². The third kappa shape index (κ3) is 3.33. The Hall–Kier alpha value is -1.06.